The molecule has 0 saturated heterocycles. The summed E-state index contributed by atoms with van der Waals surface area (Å²) in [5.74, 6) is -0.632. The van der Waals surface area contributed by atoms with E-state index in [0.29, 0.717) is 5.69 Å². The number of aliphatic hydroxyl groups is 1. The molecule has 5 nitrogen and oxygen atoms in total. The minimum Gasteiger partial charge on any atom is -0.464 e. The van der Waals surface area contributed by atoms with Gasteiger partial charge in [0.2, 0.25) is 0 Å². The lowest BCUT2D eigenvalue weighted by molar-refractivity contribution is -0.152. The van der Waals surface area contributed by atoms with Gasteiger partial charge in [-0.2, -0.15) is 0 Å². The lowest BCUT2D eigenvalue weighted by Crippen LogP contribution is -2.25. The van der Waals surface area contributed by atoms with Crippen LogP contribution in [0.15, 0.2) is 30.5 Å². The van der Waals surface area contributed by atoms with Gasteiger partial charge < -0.3 is 9.84 Å². The minimum absolute atomic E-state index is 0.108. The van der Waals surface area contributed by atoms with Crippen molar-refractivity contribution in [2.24, 2.45) is 0 Å². The summed E-state index contributed by atoms with van der Waals surface area (Å²) in [5, 5.41) is 9.63. The molecule has 1 aromatic carbocycles. The maximum atomic E-state index is 11.3. The van der Waals surface area contributed by atoms with Crippen molar-refractivity contribution in [2.75, 3.05) is 6.61 Å². The second-order valence-corrected chi connectivity index (χ2v) is 3.82. The van der Waals surface area contributed by atoms with Crippen LogP contribution >= 0.6 is 0 Å². The fourth-order valence-corrected chi connectivity index (χ4v) is 1.61. The van der Waals surface area contributed by atoms with Gasteiger partial charge in [0.1, 0.15) is 0 Å². The second kappa shape index (κ2) is 5.55. The van der Waals surface area contributed by atoms with Gasteiger partial charge in [-0.3, -0.25) is 4.98 Å². The second-order valence-electron chi connectivity index (χ2n) is 3.82. The quantitative estimate of drug-likeness (QED) is 0.818. The fraction of sp³-hybridized carbons (Fsp3) is 0.308. The standard InChI is InChI=1S/C13H14N2O3/c1-2-18-13(17)12(16)7-9-8-14-10-5-3-4-6-11(10)15-9/h3-6,8,12,16H,2,7H2,1H3/t12-/m1/s1. The van der Waals surface area contributed by atoms with Gasteiger partial charge in [-0.05, 0) is 19.1 Å². The van der Waals surface area contributed by atoms with E-state index in [1.165, 1.54) is 0 Å². The van der Waals surface area contributed by atoms with E-state index < -0.39 is 12.1 Å². The van der Waals surface area contributed by atoms with E-state index in [4.69, 9.17) is 4.74 Å². The first-order valence-electron chi connectivity index (χ1n) is 5.76. The largest absolute Gasteiger partial charge is 0.464 e. The molecule has 0 spiro atoms. The summed E-state index contributed by atoms with van der Waals surface area (Å²) in [5.41, 5.74) is 2.09. The zero-order chi connectivity index (χ0) is 13.0. The van der Waals surface area contributed by atoms with E-state index in [9.17, 15) is 9.90 Å². The van der Waals surface area contributed by atoms with E-state index in [2.05, 4.69) is 9.97 Å². The molecule has 0 fully saturated rings. The van der Waals surface area contributed by atoms with Crippen LogP contribution in [0.1, 0.15) is 12.6 Å². The third kappa shape index (κ3) is 2.81. The Hall–Kier alpha value is -2.01. The number of para-hydroxylation sites is 2. The van der Waals surface area contributed by atoms with Crippen molar-refractivity contribution >= 4 is 17.0 Å². The van der Waals surface area contributed by atoms with Crippen molar-refractivity contribution in [2.45, 2.75) is 19.4 Å². The fourth-order valence-electron chi connectivity index (χ4n) is 1.61. The Morgan fingerprint density at radius 1 is 1.39 bits per heavy atom. The smallest absolute Gasteiger partial charge is 0.335 e. The van der Waals surface area contributed by atoms with Crippen molar-refractivity contribution in [3.63, 3.8) is 0 Å². The molecule has 0 radical (unpaired) electrons. The molecule has 18 heavy (non-hydrogen) atoms. The average Bonchev–Trinajstić information content (AvgIpc) is 2.39. The molecular weight excluding hydrogens is 232 g/mol. The van der Waals surface area contributed by atoms with Crippen LogP contribution in [0.4, 0.5) is 0 Å². The Balaban J connectivity index is 2.14. The third-order valence-corrected chi connectivity index (χ3v) is 2.46. The summed E-state index contributed by atoms with van der Waals surface area (Å²) in [7, 11) is 0. The normalized spacial score (nSPS) is 12.3. The number of hydrogen-bond acceptors (Lipinski definition) is 5. The summed E-state index contributed by atoms with van der Waals surface area (Å²) >= 11 is 0. The molecule has 0 aliphatic carbocycles. The molecule has 1 atom stereocenters. The Morgan fingerprint density at radius 2 is 2.11 bits per heavy atom. The maximum absolute atomic E-state index is 11.3. The number of fused-ring (bicyclic) bond motifs is 1. The Morgan fingerprint density at radius 3 is 2.83 bits per heavy atom. The first-order chi connectivity index (χ1) is 8.70. The third-order valence-electron chi connectivity index (χ3n) is 2.46. The average molecular weight is 246 g/mol. The van der Waals surface area contributed by atoms with Crippen LogP contribution in [0, 0.1) is 0 Å². The number of carbonyl (C=O) groups is 1. The van der Waals surface area contributed by atoms with Crippen LogP contribution in [-0.2, 0) is 16.0 Å². The van der Waals surface area contributed by atoms with Crippen molar-refractivity contribution in [3.05, 3.63) is 36.2 Å². The molecule has 94 valence electrons. The maximum Gasteiger partial charge on any atom is 0.335 e. The highest BCUT2D eigenvalue weighted by molar-refractivity contribution is 5.75. The number of esters is 1. The zero-order valence-corrected chi connectivity index (χ0v) is 10.0. The minimum atomic E-state index is -1.19. The summed E-state index contributed by atoms with van der Waals surface area (Å²) in [4.78, 5) is 19.8. The number of hydrogen-bond donors (Lipinski definition) is 1. The molecule has 5 heteroatoms. The van der Waals surface area contributed by atoms with Crippen LogP contribution in [0.5, 0.6) is 0 Å². The molecule has 1 aromatic heterocycles. The predicted octanol–water partition coefficient (Wildman–Crippen LogP) is 1.10. The van der Waals surface area contributed by atoms with Gasteiger partial charge in [0.05, 0.1) is 23.3 Å². The number of aliphatic hydroxyl groups excluding tert-OH is 1. The van der Waals surface area contributed by atoms with E-state index in [-0.39, 0.29) is 13.0 Å². The van der Waals surface area contributed by atoms with E-state index in [1.807, 2.05) is 24.3 Å². The van der Waals surface area contributed by atoms with Gasteiger partial charge in [-0.25, -0.2) is 9.78 Å². The summed E-state index contributed by atoms with van der Waals surface area (Å²) < 4.78 is 4.73. The molecule has 0 amide bonds. The number of aromatic nitrogens is 2. The number of benzene rings is 1. The van der Waals surface area contributed by atoms with Crippen LogP contribution in [0.3, 0.4) is 0 Å². The topological polar surface area (TPSA) is 72.3 Å². The number of rotatable bonds is 4. The Kier molecular flexibility index (Phi) is 3.84. The van der Waals surface area contributed by atoms with E-state index >= 15 is 0 Å². The van der Waals surface area contributed by atoms with Gasteiger partial charge in [0, 0.05) is 12.6 Å². The van der Waals surface area contributed by atoms with Crippen LogP contribution < -0.4 is 0 Å². The SMILES string of the molecule is CCOC(=O)[C@H](O)Cc1cnc2ccccc2n1. The molecule has 0 saturated carbocycles. The number of ether oxygens (including phenoxy) is 1. The summed E-state index contributed by atoms with van der Waals surface area (Å²) in [6, 6.07) is 7.43. The van der Waals surface area contributed by atoms with Crippen molar-refractivity contribution in [1.29, 1.82) is 0 Å². The zero-order valence-electron chi connectivity index (χ0n) is 10.0. The highest BCUT2D eigenvalue weighted by Crippen LogP contribution is 2.10. The first kappa shape index (κ1) is 12.4. The van der Waals surface area contributed by atoms with Crippen LogP contribution in [0.25, 0.3) is 11.0 Å². The van der Waals surface area contributed by atoms with Crippen molar-refractivity contribution in [3.8, 4) is 0 Å². The Labute approximate surface area is 104 Å². The van der Waals surface area contributed by atoms with Gasteiger partial charge in [-0.1, -0.05) is 12.1 Å². The van der Waals surface area contributed by atoms with Crippen molar-refractivity contribution < 1.29 is 14.6 Å². The molecule has 0 bridgehead atoms. The Bertz CT molecular complexity index is 557. The van der Waals surface area contributed by atoms with Gasteiger partial charge in [0.15, 0.2) is 6.10 Å². The predicted molar refractivity (Wildman–Crippen MR) is 65.9 cm³/mol. The monoisotopic (exact) mass is 246 g/mol. The number of nitrogens with zero attached hydrogens (tertiary/aromatic N) is 2. The lowest BCUT2D eigenvalue weighted by Gasteiger charge is -2.09. The van der Waals surface area contributed by atoms with E-state index in [0.717, 1.165) is 11.0 Å². The molecule has 2 aromatic rings. The molecular formula is C13H14N2O3. The lowest BCUT2D eigenvalue weighted by atomic mass is 10.2. The highest BCUT2D eigenvalue weighted by Gasteiger charge is 2.17. The van der Waals surface area contributed by atoms with Gasteiger partial charge in [0.25, 0.3) is 0 Å². The highest BCUT2D eigenvalue weighted by atomic mass is 16.5. The number of carbonyl (C=O) groups excluding carboxylic acids is 1. The molecule has 0 aliphatic rings. The van der Waals surface area contributed by atoms with Crippen molar-refractivity contribution in [1.82, 2.24) is 9.97 Å². The first-order valence-corrected chi connectivity index (χ1v) is 5.76. The van der Waals surface area contributed by atoms with E-state index in [1.54, 1.807) is 13.1 Å². The molecule has 1 heterocycles. The van der Waals surface area contributed by atoms with Crippen LogP contribution in [0.2, 0.25) is 0 Å². The van der Waals surface area contributed by atoms with Gasteiger partial charge in [-0.15, -0.1) is 0 Å². The molecule has 2 rings (SSSR count). The molecule has 0 aliphatic heterocycles. The van der Waals surface area contributed by atoms with Crippen LogP contribution in [-0.4, -0.2) is 33.8 Å². The molecule has 0 unspecified atom stereocenters. The van der Waals surface area contributed by atoms with Gasteiger partial charge >= 0.3 is 5.97 Å². The molecule has 1 N–H and O–H groups in total. The summed E-state index contributed by atoms with van der Waals surface area (Å²) in [6.07, 6.45) is 0.474. The summed E-state index contributed by atoms with van der Waals surface area (Å²) in [6.45, 7) is 1.94.